The number of para-hydroxylation sites is 1. The second-order valence-corrected chi connectivity index (χ2v) is 9.04. The summed E-state index contributed by atoms with van der Waals surface area (Å²) in [6.45, 7) is 6.59. The van der Waals surface area contributed by atoms with E-state index in [1.807, 2.05) is 42.5 Å². The number of rotatable bonds is 4. The van der Waals surface area contributed by atoms with Gasteiger partial charge < -0.3 is 25.9 Å². The van der Waals surface area contributed by atoms with Crippen molar-refractivity contribution in [1.29, 1.82) is 0 Å². The summed E-state index contributed by atoms with van der Waals surface area (Å²) in [6.07, 6.45) is -0.825. The maximum atomic E-state index is 10.8. The maximum Gasteiger partial charge on any atom is 0.153 e. The van der Waals surface area contributed by atoms with Gasteiger partial charge in [-0.3, -0.25) is 4.90 Å². The Bertz CT molecular complexity index is 1050. The molecular formula is C23H26BrN5O2. The number of nitrogens with one attached hydrogen (secondary N) is 3. The van der Waals surface area contributed by atoms with E-state index in [0.717, 1.165) is 64.4 Å². The Hall–Kier alpha value is -2.39. The second kappa shape index (κ2) is 8.63. The summed E-state index contributed by atoms with van der Waals surface area (Å²) >= 11 is 3.54. The van der Waals surface area contributed by atoms with Crippen LogP contribution >= 0.6 is 15.9 Å². The third-order valence-electron chi connectivity index (χ3n) is 5.89. The van der Waals surface area contributed by atoms with E-state index in [9.17, 15) is 5.11 Å². The monoisotopic (exact) mass is 483 g/mol. The van der Waals surface area contributed by atoms with Crippen LogP contribution in [-0.4, -0.2) is 60.8 Å². The molecule has 0 amide bonds. The lowest BCUT2D eigenvalue weighted by molar-refractivity contribution is 0.0988. The van der Waals surface area contributed by atoms with E-state index in [0.29, 0.717) is 18.4 Å². The average Bonchev–Trinajstić information content (AvgIpc) is 3.27. The zero-order valence-electron chi connectivity index (χ0n) is 17.4. The molecule has 8 heteroatoms. The van der Waals surface area contributed by atoms with Gasteiger partial charge in [-0.15, -0.1) is 0 Å². The van der Waals surface area contributed by atoms with Crippen molar-refractivity contribution in [3.63, 3.8) is 0 Å². The Morgan fingerprint density at radius 1 is 1.19 bits per heavy atom. The first-order valence-corrected chi connectivity index (χ1v) is 11.4. The summed E-state index contributed by atoms with van der Waals surface area (Å²) in [5.41, 5.74) is 6.02. The highest BCUT2D eigenvalue weighted by Gasteiger charge is 2.34. The van der Waals surface area contributed by atoms with Crippen molar-refractivity contribution in [2.75, 3.05) is 43.4 Å². The molecule has 0 aromatic heterocycles. The van der Waals surface area contributed by atoms with Gasteiger partial charge >= 0.3 is 0 Å². The molecular weight excluding hydrogens is 458 g/mol. The molecule has 3 aliphatic rings. The van der Waals surface area contributed by atoms with Crippen LogP contribution in [0.15, 0.2) is 57.8 Å². The molecule has 0 aliphatic carbocycles. The van der Waals surface area contributed by atoms with Crippen molar-refractivity contribution in [3.8, 4) is 0 Å². The van der Waals surface area contributed by atoms with Gasteiger partial charge in [0.1, 0.15) is 12.3 Å². The SMILES string of the molecule is CC1CN(CCO/N=C2/C(=C3\c4cc(Br)ccc4NC3O)Nc3ccccc32)CCN1. The van der Waals surface area contributed by atoms with E-state index in [4.69, 9.17) is 4.84 Å². The normalized spacial score (nSPS) is 26.4. The van der Waals surface area contributed by atoms with E-state index in [-0.39, 0.29) is 0 Å². The highest BCUT2D eigenvalue weighted by Crippen LogP contribution is 2.41. The average molecular weight is 484 g/mol. The largest absolute Gasteiger partial charge is 0.394 e. The molecule has 4 N–H and O–H groups in total. The van der Waals surface area contributed by atoms with E-state index in [1.165, 1.54) is 0 Å². The lowest BCUT2D eigenvalue weighted by atomic mass is 10.0. The van der Waals surface area contributed by atoms with Gasteiger partial charge in [0.05, 0.1) is 5.70 Å². The number of halogens is 1. The number of anilines is 2. The van der Waals surface area contributed by atoms with Crippen molar-refractivity contribution in [1.82, 2.24) is 10.2 Å². The number of fused-ring (bicyclic) bond motifs is 2. The van der Waals surface area contributed by atoms with Gasteiger partial charge in [0.15, 0.2) is 6.23 Å². The van der Waals surface area contributed by atoms with Crippen LogP contribution < -0.4 is 16.0 Å². The molecule has 0 bridgehead atoms. The van der Waals surface area contributed by atoms with Gasteiger partial charge in [-0.2, -0.15) is 0 Å². The predicted octanol–water partition coefficient (Wildman–Crippen LogP) is 3.04. The highest BCUT2D eigenvalue weighted by molar-refractivity contribution is 9.10. The fraction of sp³-hybridized carbons (Fsp3) is 0.348. The molecule has 2 aromatic rings. The third kappa shape index (κ3) is 4.08. The van der Waals surface area contributed by atoms with Crippen molar-refractivity contribution >= 4 is 38.6 Å². The van der Waals surface area contributed by atoms with Crippen molar-refractivity contribution in [3.05, 3.63) is 63.8 Å². The molecule has 0 spiro atoms. The minimum Gasteiger partial charge on any atom is -0.394 e. The summed E-state index contributed by atoms with van der Waals surface area (Å²) < 4.78 is 0.954. The lowest BCUT2D eigenvalue weighted by Crippen LogP contribution is -2.49. The van der Waals surface area contributed by atoms with Crippen LogP contribution in [-0.2, 0) is 4.84 Å². The van der Waals surface area contributed by atoms with Crippen LogP contribution in [0.2, 0.25) is 0 Å². The number of oxime groups is 1. The first-order valence-electron chi connectivity index (χ1n) is 10.6. The van der Waals surface area contributed by atoms with Gasteiger partial charge in [-0.25, -0.2) is 0 Å². The van der Waals surface area contributed by atoms with Crippen LogP contribution in [0.25, 0.3) is 5.57 Å². The molecule has 162 valence electrons. The first-order chi connectivity index (χ1) is 15.1. The zero-order valence-corrected chi connectivity index (χ0v) is 18.9. The smallest absolute Gasteiger partial charge is 0.153 e. The van der Waals surface area contributed by atoms with Gasteiger partial charge in [0, 0.05) is 64.8 Å². The van der Waals surface area contributed by atoms with Crippen LogP contribution in [0.1, 0.15) is 18.1 Å². The fourth-order valence-electron chi connectivity index (χ4n) is 4.42. The summed E-state index contributed by atoms with van der Waals surface area (Å²) in [6, 6.07) is 14.4. The molecule has 2 aromatic carbocycles. The topological polar surface area (TPSA) is 81.2 Å². The van der Waals surface area contributed by atoms with Crippen molar-refractivity contribution in [2.45, 2.75) is 19.2 Å². The minimum atomic E-state index is -0.825. The Balaban J connectivity index is 1.43. The van der Waals surface area contributed by atoms with Gasteiger partial charge in [-0.1, -0.05) is 39.3 Å². The standard InChI is InChI=1S/C23H26BrN5O2/c1-14-13-29(9-8-25-14)10-11-31-28-21-16-4-2-3-5-18(16)26-22(21)20-17-12-15(24)6-7-19(17)27-23(20)30/h2-7,12,14,23,25-27,30H,8-11,13H2,1H3/b22-20-,28-21+. The number of nitrogens with zero attached hydrogens (tertiary/aromatic N) is 2. The number of benzene rings is 2. The highest BCUT2D eigenvalue weighted by atomic mass is 79.9. The Kier molecular flexibility index (Phi) is 5.71. The Morgan fingerprint density at radius 2 is 2.06 bits per heavy atom. The number of hydrogen-bond donors (Lipinski definition) is 4. The minimum absolute atomic E-state index is 0.498. The van der Waals surface area contributed by atoms with Crippen LogP contribution in [0, 0.1) is 0 Å². The summed E-state index contributed by atoms with van der Waals surface area (Å²) in [5, 5.41) is 25.4. The molecule has 3 heterocycles. The van der Waals surface area contributed by atoms with Gasteiger partial charge in [0.25, 0.3) is 0 Å². The van der Waals surface area contributed by atoms with E-state index < -0.39 is 6.23 Å². The predicted molar refractivity (Wildman–Crippen MR) is 127 cm³/mol. The van der Waals surface area contributed by atoms with Crippen LogP contribution in [0.5, 0.6) is 0 Å². The molecule has 0 saturated carbocycles. The zero-order chi connectivity index (χ0) is 21.4. The van der Waals surface area contributed by atoms with Crippen LogP contribution in [0.4, 0.5) is 11.4 Å². The molecule has 31 heavy (non-hydrogen) atoms. The second-order valence-electron chi connectivity index (χ2n) is 8.12. The quantitative estimate of drug-likeness (QED) is 0.395. The molecule has 2 atom stereocenters. The molecule has 2 unspecified atom stereocenters. The Morgan fingerprint density at radius 3 is 2.94 bits per heavy atom. The van der Waals surface area contributed by atoms with E-state index in [2.05, 4.69) is 48.9 Å². The summed E-state index contributed by atoms with van der Waals surface area (Å²) in [5.74, 6) is 0. The number of hydrogen-bond acceptors (Lipinski definition) is 7. The number of allylic oxidation sites excluding steroid dienone is 1. The Labute approximate surface area is 190 Å². The number of aliphatic hydroxyl groups is 1. The van der Waals surface area contributed by atoms with Crippen LogP contribution in [0.3, 0.4) is 0 Å². The molecule has 1 fully saturated rings. The van der Waals surface area contributed by atoms with Gasteiger partial charge in [-0.05, 0) is 31.2 Å². The summed E-state index contributed by atoms with van der Waals surface area (Å²) in [4.78, 5) is 8.18. The molecule has 0 radical (unpaired) electrons. The third-order valence-corrected chi connectivity index (χ3v) is 6.39. The number of piperazine rings is 1. The van der Waals surface area contributed by atoms with Gasteiger partial charge in [0.2, 0.25) is 0 Å². The molecule has 3 aliphatic heterocycles. The van der Waals surface area contributed by atoms with E-state index >= 15 is 0 Å². The van der Waals surface area contributed by atoms with Crippen molar-refractivity contribution in [2.24, 2.45) is 5.16 Å². The number of aliphatic hydroxyl groups excluding tert-OH is 1. The van der Waals surface area contributed by atoms with E-state index in [1.54, 1.807) is 0 Å². The first kappa shape index (κ1) is 20.5. The molecule has 1 saturated heterocycles. The summed E-state index contributed by atoms with van der Waals surface area (Å²) in [7, 11) is 0. The maximum absolute atomic E-state index is 10.8. The molecule has 5 rings (SSSR count). The lowest BCUT2D eigenvalue weighted by Gasteiger charge is -2.31. The van der Waals surface area contributed by atoms with Crippen molar-refractivity contribution < 1.29 is 9.94 Å². The fourth-order valence-corrected chi connectivity index (χ4v) is 4.78. The molecule has 7 nitrogen and oxygen atoms in total.